The maximum Gasteiger partial charge on any atom is 0.119 e. The number of nitrogens with zero attached hydrogens (tertiary/aromatic N) is 1. The number of phenolic OH excluding ortho intramolecular Hbond substituents is 1. The summed E-state index contributed by atoms with van der Waals surface area (Å²) in [5.74, 6) is 1.33. The van der Waals surface area contributed by atoms with E-state index in [1.165, 1.54) is 31.4 Å². The first kappa shape index (κ1) is 17.8. The highest BCUT2D eigenvalue weighted by atomic mass is 16.5. The Balaban J connectivity index is 1.99. The Hall–Kier alpha value is -2.00. The van der Waals surface area contributed by atoms with E-state index in [0.717, 1.165) is 22.2 Å². The summed E-state index contributed by atoms with van der Waals surface area (Å²) in [5, 5.41) is 10.6. The molecule has 3 heteroatoms. The molecule has 1 N–H and O–H groups in total. The van der Waals surface area contributed by atoms with Crippen molar-refractivity contribution in [2.24, 2.45) is 0 Å². The summed E-state index contributed by atoms with van der Waals surface area (Å²) < 4.78 is 6.48. The molecular weight excluding hydrogens is 310 g/mol. The van der Waals surface area contributed by atoms with E-state index >= 15 is 0 Å². The number of hydrogen-bond donors (Lipinski definition) is 1. The zero-order valence-electron chi connectivity index (χ0n) is 15.6. The van der Waals surface area contributed by atoms with Gasteiger partial charge in [0.05, 0.1) is 33.8 Å². The minimum Gasteiger partial charge on any atom is -0.508 e. The summed E-state index contributed by atoms with van der Waals surface area (Å²) in [5.41, 5.74) is 2.23. The van der Waals surface area contributed by atoms with Crippen molar-refractivity contribution >= 4 is 0 Å². The van der Waals surface area contributed by atoms with Crippen LogP contribution in [0.4, 0.5) is 0 Å². The van der Waals surface area contributed by atoms with Crippen LogP contribution in [0.3, 0.4) is 0 Å². The number of methoxy groups -OCH3 is 1. The van der Waals surface area contributed by atoms with E-state index in [1.54, 1.807) is 13.2 Å². The fraction of sp³-hybridized carbons (Fsp3) is 0.455. The standard InChI is InChI=1S/C22H29NO2/c1-23(2)14-8-7-11-18(23)15-20(17-9-5-4-6-10-17)21-16-19(25-3)12-13-22(21)24/h4-6,9-10,12-13,16,18,20H,7-8,11,14-15H2,1-3H3/p+1. The topological polar surface area (TPSA) is 29.5 Å². The number of ether oxygens (including phenoxy) is 1. The van der Waals surface area contributed by atoms with Gasteiger partial charge in [-0.1, -0.05) is 30.3 Å². The number of hydrogen-bond acceptors (Lipinski definition) is 2. The lowest BCUT2D eigenvalue weighted by atomic mass is 9.82. The molecule has 0 saturated carbocycles. The van der Waals surface area contributed by atoms with E-state index in [9.17, 15) is 5.11 Å². The summed E-state index contributed by atoms with van der Waals surface area (Å²) >= 11 is 0. The highest BCUT2D eigenvalue weighted by molar-refractivity contribution is 5.45. The molecule has 2 aromatic rings. The first-order valence-electron chi connectivity index (χ1n) is 9.26. The van der Waals surface area contributed by atoms with Crippen LogP contribution in [0.15, 0.2) is 48.5 Å². The molecule has 1 heterocycles. The normalized spacial score (nSPS) is 20.8. The van der Waals surface area contributed by atoms with Gasteiger partial charge in [0.15, 0.2) is 0 Å². The Morgan fingerprint density at radius 3 is 2.56 bits per heavy atom. The number of piperidine rings is 1. The number of quaternary nitrogens is 1. The lowest BCUT2D eigenvalue weighted by molar-refractivity contribution is -0.920. The molecular formula is C22H30NO2+. The van der Waals surface area contributed by atoms with Gasteiger partial charge in [-0.2, -0.15) is 0 Å². The summed E-state index contributed by atoms with van der Waals surface area (Å²) in [7, 11) is 6.36. The monoisotopic (exact) mass is 340 g/mol. The van der Waals surface area contributed by atoms with E-state index in [4.69, 9.17) is 4.74 Å². The van der Waals surface area contributed by atoms with E-state index in [1.807, 2.05) is 18.2 Å². The van der Waals surface area contributed by atoms with Crippen LogP contribution < -0.4 is 4.74 Å². The summed E-state index contributed by atoms with van der Waals surface area (Å²) in [6, 6.07) is 16.7. The molecule has 2 atom stereocenters. The number of phenols is 1. The molecule has 2 aromatic carbocycles. The summed E-state index contributed by atoms with van der Waals surface area (Å²) in [6.45, 7) is 1.23. The molecule has 0 amide bonds. The van der Waals surface area contributed by atoms with Crippen LogP contribution in [0.5, 0.6) is 11.5 Å². The lowest BCUT2D eigenvalue weighted by Crippen LogP contribution is -2.52. The minimum absolute atomic E-state index is 0.178. The summed E-state index contributed by atoms with van der Waals surface area (Å²) in [4.78, 5) is 0. The Bertz CT molecular complexity index is 696. The van der Waals surface area contributed by atoms with Gasteiger partial charge in [0.25, 0.3) is 0 Å². The third kappa shape index (κ3) is 3.98. The fourth-order valence-corrected chi connectivity index (χ4v) is 4.17. The largest absolute Gasteiger partial charge is 0.508 e. The second-order valence-corrected chi connectivity index (χ2v) is 7.78. The molecule has 1 saturated heterocycles. The number of benzene rings is 2. The van der Waals surface area contributed by atoms with Crippen molar-refractivity contribution in [3.63, 3.8) is 0 Å². The molecule has 134 valence electrons. The Morgan fingerprint density at radius 2 is 1.88 bits per heavy atom. The van der Waals surface area contributed by atoms with Crippen LogP contribution in [0.1, 0.15) is 42.7 Å². The molecule has 0 spiro atoms. The van der Waals surface area contributed by atoms with Gasteiger partial charge in [-0.15, -0.1) is 0 Å². The SMILES string of the molecule is COc1ccc(O)c(C(CC2CCCC[N+]2(C)C)c2ccccc2)c1. The van der Waals surface area contributed by atoms with Crippen molar-refractivity contribution < 1.29 is 14.3 Å². The van der Waals surface area contributed by atoms with Crippen LogP contribution in [-0.2, 0) is 0 Å². The van der Waals surface area contributed by atoms with Crippen molar-refractivity contribution in [1.29, 1.82) is 0 Å². The van der Waals surface area contributed by atoms with Crippen LogP contribution in [0.2, 0.25) is 0 Å². The number of likely N-dealkylation sites (tertiary alicyclic amines) is 1. The van der Waals surface area contributed by atoms with Crippen LogP contribution in [0, 0.1) is 0 Å². The van der Waals surface area contributed by atoms with E-state index in [2.05, 4.69) is 38.4 Å². The molecule has 3 rings (SSSR count). The quantitative estimate of drug-likeness (QED) is 0.809. The molecule has 2 unspecified atom stereocenters. The Labute approximate surface area is 151 Å². The molecule has 0 aliphatic carbocycles. The minimum atomic E-state index is 0.178. The number of aromatic hydroxyl groups is 1. The van der Waals surface area contributed by atoms with Gasteiger partial charge in [0.2, 0.25) is 0 Å². The molecule has 1 aliphatic heterocycles. The zero-order valence-corrected chi connectivity index (χ0v) is 15.6. The first-order valence-corrected chi connectivity index (χ1v) is 9.26. The molecule has 25 heavy (non-hydrogen) atoms. The molecule has 0 radical (unpaired) electrons. The van der Waals surface area contributed by atoms with Gasteiger partial charge in [-0.25, -0.2) is 0 Å². The predicted octanol–water partition coefficient (Wildman–Crippen LogP) is 4.55. The van der Waals surface area contributed by atoms with Gasteiger partial charge in [-0.05, 0) is 43.0 Å². The van der Waals surface area contributed by atoms with Crippen molar-refractivity contribution in [2.75, 3.05) is 27.7 Å². The van der Waals surface area contributed by atoms with Crippen LogP contribution >= 0.6 is 0 Å². The van der Waals surface area contributed by atoms with E-state index in [-0.39, 0.29) is 5.92 Å². The Kier molecular flexibility index (Phi) is 5.33. The summed E-state index contributed by atoms with van der Waals surface area (Å²) in [6.07, 6.45) is 4.90. The van der Waals surface area contributed by atoms with Crippen LogP contribution in [0.25, 0.3) is 0 Å². The van der Waals surface area contributed by atoms with Gasteiger partial charge in [-0.3, -0.25) is 0 Å². The zero-order chi connectivity index (χ0) is 17.9. The highest BCUT2D eigenvalue weighted by Crippen LogP contribution is 2.39. The maximum absolute atomic E-state index is 10.6. The van der Waals surface area contributed by atoms with Crippen molar-refractivity contribution in [3.05, 3.63) is 59.7 Å². The third-order valence-corrected chi connectivity index (χ3v) is 5.83. The smallest absolute Gasteiger partial charge is 0.119 e. The molecule has 1 aliphatic rings. The molecule has 0 aromatic heterocycles. The van der Waals surface area contributed by atoms with Crippen molar-refractivity contribution in [3.8, 4) is 11.5 Å². The second kappa shape index (κ2) is 7.49. The average Bonchev–Trinajstić information content (AvgIpc) is 2.62. The maximum atomic E-state index is 10.6. The fourth-order valence-electron chi connectivity index (χ4n) is 4.17. The van der Waals surface area contributed by atoms with Crippen molar-refractivity contribution in [2.45, 2.75) is 37.6 Å². The van der Waals surface area contributed by atoms with Crippen LogP contribution in [-0.4, -0.2) is 43.4 Å². The lowest BCUT2D eigenvalue weighted by Gasteiger charge is -2.43. The number of rotatable bonds is 5. The third-order valence-electron chi connectivity index (χ3n) is 5.83. The first-order chi connectivity index (χ1) is 12.0. The predicted molar refractivity (Wildman–Crippen MR) is 102 cm³/mol. The molecule has 3 nitrogen and oxygen atoms in total. The average molecular weight is 340 g/mol. The second-order valence-electron chi connectivity index (χ2n) is 7.78. The molecule has 1 fully saturated rings. The molecule has 0 bridgehead atoms. The van der Waals surface area contributed by atoms with E-state index < -0.39 is 0 Å². The van der Waals surface area contributed by atoms with Gasteiger partial charge in [0.1, 0.15) is 11.5 Å². The van der Waals surface area contributed by atoms with E-state index in [0.29, 0.717) is 11.8 Å². The van der Waals surface area contributed by atoms with Crippen molar-refractivity contribution in [1.82, 2.24) is 0 Å². The Morgan fingerprint density at radius 1 is 1.12 bits per heavy atom. The van der Waals surface area contributed by atoms with Gasteiger partial charge >= 0.3 is 0 Å². The highest BCUT2D eigenvalue weighted by Gasteiger charge is 2.34. The van der Waals surface area contributed by atoms with Gasteiger partial charge < -0.3 is 14.3 Å². The van der Waals surface area contributed by atoms with Gasteiger partial charge in [0, 0.05) is 17.9 Å².